The highest BCUT2D eigenvalue weighted by atomic mass is 79.9. The van der Waals surface area contributed by atoms with E-state index < -0.39 is 6.10 Å². The third-order valence-electron chi connectivity index (χ3n) is 3.29. The molecule has 0 heterocycles. The molecule has 1 aliphatic rings. The molecule has 0 aromatic heterocycles. The van der Waals surface area contributed by atoms with Gasteiger partial charge in [-0.3, -0.25) is 0 Å². The van der Waals surface area contributed by atoms with Crippen molar-refractivity contribution in [2.45, 2.75) is 43.5 Å². The Balaban J connectivity index is 1.82. The number of benzene rings is 1. The molecule has 1 aliphatic carbocycles. The molecule has 0 bridgehead atoms. The van der Waals surface area contributed by atoms with Crippen LogP contribution in [-0.2, 0) is 6.42 Å². The van der Waals surface area contributed by atoms with Gasteiger partial charge in [-0.05, 0) is 36.6 Å². The highest BCUT2D eigenvalue weighted by Crippen LogP contribution is 2.30. The van der Waals surface area contributed by atoms with Crippen molar-refractivity contribution in [2.75, 3.05) is 5.75 Å². The summed E-state index contributed by atoms with van der Waals surface area (Å²) in [4.78, 5) is 0. The molecule has 4 heteroatoms. The van der Waals surface area contributed by atoms with E-state index in [-0.39, 0.29) is 5.82 Å². The van der Waals surface area contributed by atoms with Crippen LogP contribution in [0.1, 0.15) is 31.2 Å². The molecule has 18 heavy (non-hydrogen) atoms. The van der Waals surface area contributed by atoms with Crippen molar-refractivity contribution in [2.24, 2.45) is 0 Å². The molecule has 1 N–H and O–H groups in total. The molecule has 0 radical (unpaired) electrons. The Kier molecular flexibility index (Phi) is 5.52. The first-order valence-electron chi connectivity index (χ1n) is 6.39. The Hall–Kier alpha value is -0.0600. The summed E-state index contributed by atoms with van der Waals surface area (Å²) in [5, 5.41) is 10.7. The van der Waals surface area contributed by atoms with Gasteiger partial charge in [0.25, 0.3) is 0 Å². The van der Waals surface area contributed by atoms with E-state index in [1.54, 1.807) is 12.1 Å². The van der Waals surface area contributed by atoms with Gasteiger partial charge in [0.05, 0.1) is 6.10 Å². The summed E-state index contributed by atoms with van der Waals surface area (Å²) in [5.41, 5.74) is 0.587. The highest BCUT2D eigenvalue weighted by molar-refractivity contribution is 9.10. The van der Waals surface area contributed by atoms with Crippen molar-refractivity contribution in [3.05, 3.63) is 34.1 Å². The van der Waals surface area contributed by atoms with Crippen LogP contribution in [0.3, 0.4) is 0 Å². The Morgan fingerprint density at radius 2 is 2.11 bits per heavy atom. The van der Waals surface area contributed by atoms with E-state index >= 15 is 0 Å². The summed E-state index contributed by atoms with van der Waals surface area (Å²) in [6, 6.07) is 4.87. The second-order valence-corrected chi connectivity index (χ2v) is 7.08. The van der Waals surface area contributed by atoms with Crippen LogP contribution < -0.4 is 0 Å². The Morgan fingerprint density at radius 3 is 2.83 bits per heavy atom. The fourth-order valence-electron chi connectivity index (χ4n) is 2.31. The molecular weight excluding hydrogens is 315 g/mol. The van der Waals surface area contributed by atoms with E-state index in [2.05, 4.69) is 15.9 Å². The summed E-state index contributed by atoms with van der Waals surface area (Å²) in [6.45, 7) is 0. The largest absolute Gasteiger partial charge is 0.392 e. The van der Waals surface area contributed by atoms with Crippen LogP contribution in [-0.4, -0.2) is 22.2 Å². The molecule has 1 aromatic rings. The SMILES string of the molecule is OC(CSC1CCCC1)Cc1cc(Br)ccc1F. The zero-order chi connectivity index (χ0) is 13.0. The molecule has 1 aromatic carbocycles. The first-order valence-corrected chi connectivity index (χ1v) is 8.23. The molecule has 1 atom stereocenters. The van der Waals surface area contributed by atoms with Crippen molar-refractivity contribution in [3.63, 3.8) is 0 Å². The molecule has 1 fully saturated rings. The number of aliphatic hydroxyl groups is 1. The second kappa shape index (κ2) is 6.92. The van der Waals surface area contributed by atoms with E-state index in [0.717, 1.165) is 4.47 Å². The minimum atomic E-state index is -0.459. The van der Waals surface area contributed by atoms with Gasteiger partial charge >= 0.3 is 0 Å². The standard InChI is InChI=1S/C14H18BrFOS/c15-11-5-6-14(16)10(7-11)8-12(17)9-18-13-3-1-2-4-13/h5-7,12-13,17H,1-4,8-9H2. The summed E-state index contributed by atoms with van der Waals surface area (Å²) in [5.74, 6) is 0.472. The number of halogens is 2. The van der Waals surface area contributed by atoms with Crippen LogP contribution >= 0.6 is 27.7 Å². The molecule has 0 spiro atoms. The second-order valence-electron chi connectivity index (χ2n) is 4.83. The predicted molar refractivity (Wildman–Crippen MR) is 78.5 cm³/mol. The minimum absolute atomic E-state index is 0.233. The van der Waals surface area contributed by atoms with Gasteiger partial charge in [-0.15, -0.1) is 0 Å². The third kappa shape index (κ3) is 4.25. The summed E-state index contributed by atoms with van der Waals surface area (Å²) in [6.07, 6.45) is 5.09. The fourth-order valence-corrected chi connectivity index (χ4v) is 4.00. The number of hydrogen-bond donors (Lipinski definition) is 1. The lowest BCUT2D eigenvalue weighted by Gasteiger charge is -2.14. The van der Waals surface area contributed by atoms with E-state index in [0.29, 0.717) is 23.0 Å². The number of aliphatic hydroxyl groups excluding tert-OH is 1. The Morgan fingerprint density at radius 1 is 1.39 bits per heavy atom. The average Bonchev–Trinajstić information content (AvgIpc) is 2.84. The van der Waals surface area contributed by atoms with Crippen molar-refractivity contribution >= 4 is 27.7 Å². The molecule has 0 saturated heterocycles. The van der Waals surface area contributed by atoms with E-state index in [1.165, 1.54) is 31.7 Å². The minimum Gasteiger partial charge on any atom is -0.392 e. The average molecular weight is 333 g/mol. The smallest absolute Gasteiger partial charge is 0.126 e. The van der Waals surface area contributed by atoms with Crippen LogP contribution in [0.15, 0.2) is 22.7 Å². The molecular formula is C14H18BrFOS. The van der Waals surface area contributed by atoms with Crippen LogP contribution in [0.2, 0.25) is 0 Å². The first-order chi connectivity index (χ1) is 8.65. The maximum absolute atomic E-state index is 13.5. The van der Waals surface area contributed by atoms with Gasteiger partial charge in [0.1, 0.15) is 5.82 Å². The molecule has 2 rings (SSSR count). The molecule has 1 unspecified atom stereocenters. The van der Waals surface area contributed by atoms with Crippen LogP contribution in [0.25, 0.3) is 0 Å². The van der Waals surface area contributed by atoms with Gasteiger partial charge in [-0.25, -0.2) is 4.39 Å². The lowest BCUT2D eigenvalue weighted by molar-refractivity contribution is 0.198. The monoisotopic (exact) mass is 332 g/mol. The fraction of sp³-hybridized carbons (Fsp3) is 0.571. The lowest BCUT2D eigenvalue weighted by Crippen LogP contribution is -2.16. The van der Waals surface area contributed by atoms with Gasteiger partial charge in [0.2, 0.25) is 0 Å². The molecule has 1 saturated carbocycles. The first kappa shape index (κ1) is 14.4. The zero-order valence-corrected chi connectivity index (χ0v) is 12.6. The Labute approximate surface area is 120 Å². The van der Waals surface area contributed by atoms with Gasteiger partial charge in [-0.1, -0.05) is 28.8 Å². The normalized spacial score (nSPS) is 18.2. The zero-order valence-electron chi connectivity index (χ0n) is 10.2. The number of thioether (sulfide) groups is 1. The highest BCUT2D eigenvalue weighted by Gasteiger charge is 2.17. The molecule has 0 amide bonds. The lowest BCUT2D eigenvalue weighted by atomic mass is 10.1. The predicted octanol–water partition coefficient (Wildman–Crippen LogP) is 4.17. The Bertz CT molecular complexity index is 393. The van der Waals surface area contributed by atoms with Gasteiger partial charge in [0.15, 0.2) is 0 Å². The van der Waals surface area contributed by atoms with E-state index in [4.69, 9.17) is 0 Å². The van der Waals surface area contributed by atoms with Crippen molar-refractivity contribution in [1.29, 1.82) is 0 Å². The van der Waals surface area contributed by atoms with E-state index in [9.17, 15) is 9.50 Å². The molecule has 1 nitrogen and oxygen atoms in total. The van der Waals surface area contributed by atoms with E-state index in [1.807, 2.05) is 11.8 Å². The quantitative estimate of drug-likeness (QED) is 0.873. The van der Waals surface area contributed by atoms with Gasteiger partial charge in [0, 0.05) is 21.9 Å². The number of rotatable bonds is 5. The summed E-state index contributed by atoms with van der Waals surface area (Å²) < 4.78 is 14.4. The van der Waals surface area contributed by atoms with Gasteiger partial charge < -0.3 is 5.11 Å². The summed E-state index contributed by atoms with van der Waals surface area (Å²) >= 11 is 5.16. The van der Waals surface area contributed by atoms with Crippen molar-refractivity contribution < 1.29 is 9.50 Å². The number of hydrogen-bond acceptors (Lipinski definition) is 2. The van der Waals surface area contributed by atoms with Crippen LogP contribution in [0.4, 0.5) is 4.39 Å². The maximum atomic E-state index is 13.5. The summed E-state index contributed by atoms with van der Waals surface area (Å²) in [7, 11) is 0. The van der Waals surface area contributed by atoms with Crippen LogP contribution in [0.5, 0.6) is 0 Å². The third-order valence-corrected chi connectivity index (χ3v) is 5.30. The molecule has 0 aliphatic heterocycles. The van der Waals surface area contributed by atoms with Crippen LogP contribution in [0, 0.1) is 5.82 Å². The van der Waals surface area contributed by atoms with Crippen molar-refractivity contribution in [1.82, 2.24) is 0 Å². The van der Waals surface area contributed by atoms with Crippen molar-refractivity contribution in [3.8, 4) is 0 Å². The topological polar surface area (TPSA) is 20.2 Å². The molecule has 100 valence electrons. The van der Waals surface area contributed by atoms with Gasteiger partial charge in [-0.2, -0.15) is 11.8 Å². The maximum Gasteiger partial charge on any atom is 0.126 e.